The first kappa shape index (κ1) is 35.9. The number of hydrogen-bond acceptors (Lipinski definition) is 5. The molecular formula is C41H48N2O5. The number of ether oxygens (including phenoxy) is 1. The number of hydrogen-bond donors (Lipinski definition) is 3. The summed E-state index contributed by atoms with van der Waals surface area (Å²) in [6.45, 7) is 3.20. The lowest BCUT2D eigenvalue weighted by Gasteiger charge is -2.18. The number of carboxylic acids is 1. The van der Waals surface area contributed by atoms with E-state index in [-0.39, 0.29) is 24.0 Å². The molecule has 2 unspecified atom stereocenters. The average Bonchev–Trinajstić information content (AvgIpc) is 3.12. The van der Waals surface area contributed by atoms with Crippen molar-refractivity contribution >= 4 is 23.3 Å². The lowest BCUT2D eigenvalue weighted by Crippen LogP contribution is -2.33. The molecule has 0 fully saturated rings. The van der Waals surface area contributed by atoms with Crippen LogP contribution in [0.5, 0.6) is 5.75 Å². The van der Waals surface area contributed by atoms with Crippen molar-refractivity contribution < 1.29 is 24.2 Å². The van der Waals surface area contributed by atoms with E-state index in [4.69, 9.17) is 4.74 Å². The molecule has 0 aliphatic rings. The van der Waals surface area contributed by atoms with Gasteiger partial charge in [-0.25, -0.2) is 4.79 Å². The van der Waals surface area contributed by atoms with E-state index < -0.39 is 12.0 Å². The predicted octanol–water partition coefficient (Wildman–Crippen LogP) is 8.13. The third-order valence-corrected chi connectivity index (χ3v) is 8.44. The molecule has 4 aromatic rings. The van der Waals surface area contributed by atoms with Crippen molar-refractivity contribution in [1.82, 2.24) is 5.32 Å². The minimum atomic E-state index is -1.01. The van der Waals surface area contributed by atoms with Gasteiger partial charge in [-0.1, -0.05) is 124 Å². The molecule has 4 rings (SSSR count). The van der Waals surface area contributed by atoms with E-state index in [0.29, 0.717) is 42.1 Å². The van der Waals surface area contributed by atoms with Crippen LogP contribution in [0.15, 0.2) is 109 Å². The minimum absolute atomic E-state index is 0.0376. The van der Waals surface area contributed by atoms with Crippen molar-refractivity contribution in [2.75, 3.05) is 18.5 Å². The molecule has 0 spiro atoms. The van der Waals surface area contributed by atoms with Gasteiger partial charge < -0.3 is 20.5 Å². The van der Waals surface area contributed by atoms with Gasteiger partial charge >= 0.3 is 5.97 Å². The Morgan fingerprint density at radius 3 is 2.06 bits per heavy atom. The summed E-state index contributed by atoms with van der Waals surface area (Å²) in [7, 11) is 0. The van der Waals surface area contributed by atoms with Crippen molar-refractivity contribution in [1.29, 1.82) is 0 Å². The molecule has 0 aromatic heterocycles. The van der Waals surface area contributed by atoms with Crippen molar-refractivity contribution in [3.8, 4) is 5.75 Å². The fraction of sp³-hybridized carbons (Fsp3) is 0.341. The normalized spacial score (nSPS) is 12.1. The number of anilines is 1. The summed E-state index contributed by atoms with van der Waals surface area (Å²) < 4.78 is 5.91. The molecule has 0 radical (unpaired) electrons. The molecule has 0 saturated carbocycles. The number of carbonyl (C=O) groups excluding carboxylic acids is 2. The number of ketones is 1. The zero-order valence-corrected chi connectivity index (χ0v) is 27.9. The first-order valence-corrected chi connectivity index (χ1v) is 17.2. The summed E-state index contributed by atoms with van der Waals surface area (Å²) in [4.78, 5) is 38.4. The molecule has 1 amide bonds. The van der Waals surface area contributed by atoms with Gasteiger partial charge in [-0.05, 0) is 54.7 Å². The lowest BCUT2D eigenvalue weighted by molar-refractivity contribution is -0.137. The van der Waals surface area contributed by atoms with Crippen LogP contribution in [0.3, 0.4) is 0 Å². The quantitative estimate of drug-likeness (QED) is 0.0623. The maximum atomic E-state index is 13.1. The summed E-state index contributed by atoms with van der Waals surface area (Å²) in [5.41, 5.74) is 3.44. The highest BCUT2D eigenvalue weighted by Gasteiger charge is 2.22. The molecule has 0 aliphatic carbocycles. The maximum Gasteiger partial charge on any atom is 0.326 e. The van der Waals surface area contributed by atoms with Gasteiger partial charge in [0.1, 0.15) is 11.8 Å². The number of carboxylic acid groups (broad SMARTS) is 1. The van der Waals surface area contributed by atoms with Crippen LogP contribution in [0, 0.1) is 5.92 Å². The van der Waals surface area contributed by atoms with Crippen LogP contribution in [-0.2, 0) is 22.4 Å². The molecule has 4 aromatic carbocycles. The Hall–Kier alpha value is -4.91. The van der Waals surface area contributed by atoms with Gasteiger partial charge in [0.25, 0.3) is 0 Å². The van der Waals surface area contributed by atoms with E-state index in [9.17, 15) is 19.5 Å². The highest BCUT2D eigenvalue weighted by molar-refractivity contribution is 6.12. The highest BCUT2D eigenvalue weighted by Crippen LogP contribution is 2.22. The molecule has 0 bridgehead atoms. The molecule has 0 saturated heterocycles. The largest absolute Gasteiger partial charge is 0.494 e. The van der Waals surface area contributed by atoms with E-state index >= 15 is 0 Å². The van der Waals surface area contributed by atoms with Gasteiger partial charge in [-0.3, -0.25) is 9.59 Å². The maximum absolute atomic E-state index is 13.1. The Kier molecular flexibility index (Phi) is 14.7. The Balaban J connectivity index is 1.24. The first-order valence-electron chi connectivity index (χ1n) is 17.2. The fourth-order valence-corrected chi connectivity index (χ4v) is 5.73. The second-order valence-electron chi connectivity index (χ2n) is 12.2. The number of carbonyl (C=O) groups is 3. The van der Waals surface area contributed by atoms with Crippen LogP contribution in [0.4, 0.5) is 5.69 Å². The fourth-order valence-electron chi connectivity index (χ4n) is 5.73. The summed E-state index contributed by atoms with van der Waals surface area (Å²) in [5, 5.41) is 16.2. The monoisotopic (exact) mass is 648 g/mol. The Morgan fingerprint density at radius 1 is 0.708 bits per heavy atom. The third kappa shape index (κ3) is 11.7. The predicted molar refractivity (Wildman–Crippen MR) is 192 cm³/mol. The standard InChI is InChI=1S/C41H48N2O5/c1-2-3-4-5-10-20-34(29-31-16-8-6-9-17-31)40(45)42-27-15-28-48-35-25-23-32(24-26-35)30-38(41(46)47)43-37-22-14-13-21-36(37)39(44)33-18-11-7-12-19-33/h6-9,11-14,16-19,21-26,34,38,43H,2-5,10,15,20,27-30H2,1H3,(H,42,45)(H,46,47). The van der Waals surface area contributed by atoms with Crippen LogP contribution in [0.2, 0.25) is 0 Å². The Labute approximate surface area is 284 Å². The number of benzene rings is 4. The number of nitrogens with one attached hydrogen (secondary N) is 2. The minimum Gasteiger partial charge on any atom is -0.494 e. The van der Waals surface area contributed by atoms with E-state index in [1.165, 1.54) is 24.8 Å². The number of amides is 1. The van der Waals surface area contributed by atoms with Gasteiger partial charge in [0.05, 0.1) is 6.61 Å². The van der Waals surface area contributed by atoms with Gasteiger partial charge in [-0.15, -0.1) is 0 Å². The van der Waals surface area contributed by atoms with Crippen LogP contribution in [-0.4, -0.2) is 42.0 Å². The number of rotatable bonds is 21. The summed E-state index contributed by atoms with van der Waals surface area (Å²) in [5.74, 6) is -0.440. The highest BCUT2D eigenvalue weighted by atomic mass is 16.5. The second kappa shape index (κ2) is 19.7. The summed E-state index contributed by atoms with van der Waals surface area (Å²) >= 11 is 0. The Bertz CT molecular complexity index is 1560. The van der Waals surface area contributed by atoms with E-state index in [0.717, 1.165) is 31.2 Å². The average molecular weight is 649 g/mol. The van der Waals surface area contributed by atoms with E-state index in [1.54, 1.807) is 48.5 Å². The summed E-state index contributed by atoms with van der Waals surface area (Å²) in [6.07, 6.45) is 8.43. The van der Waals surface area contributed by atoms with Crippen molar-refractivity contribution in [2.45, 2.75) is 70.8 Å². The van der Waals surface area contributed by atoms with Gasteiger partial charge in [0.15, 0.2) is 5.78 Å². The Morgan fingerprint density at radius 2 is 1.35 bits per heavy atom. The lowest BCUT2D eigenvalue weighted by atomic mass is 9.92. The SMILES string of the molecule is CCCCCCCC(Cc1ccccc1)C(=O)NCCCOc1ccc(CC(Nc2ccccc2C(=O)c2ccccc2)C(=O)O)cc1. The first-order chi connectivity index (χ1) is 23.4. The smallest absolute Gasteiger partial charge is 0.326 e. The molecule has 3 N–H and O–H groups in total. The van der Waals surface area contributed by atoms with Crippen molar-refractivity contribution in [3.05, 3.63) is 131 Å². The number of unbranched alkanes of at least 4 members (excludes halogenated alkanes) is 4. The molecule has 0 aliphatic heterocycles. The topological polar surface area (TPSA) is 105 Å². The molecule has 48 heavy (non-hydrogen) atoms. The van der Waals surface area contributed by atoms with Gasteiger partial charge in [-0.2, -0.15) is 0 Å². The third-order valence-electron chi connectivity index (χ3n) is 8.44. The van der Waals surface area contributed by atoms with Crippen LogP contribution >= 0.6 is 0 Å². The zero-order chi connectivity index (χ0) is 34.0. The molecular weight excluding hydrogens is 600 g/mol. The van der Waals surface area contributed by atoms with Gasteiger partial charge in [0.2, 0.25) is 5.91 Å². The van der Waals surface area contributed by atoms with Crippen LogP contribution in [0.1, 0.15) is 78.9 Å². The molecule has 2 atom stereocenters. The molecule has 252 valence electrons. The van der Waals surface area contributed by atoms with Crippen LogP contribution < -0.4 is 15.4 Å². The van der Waals surface area contributed by atoms with Gasteiger partial charge in [0, 0.05) is 35.7 Å². The number of aliphatic carboxylic acids is 1. The zero-order valence-electron chi connectivity index (χ0n) is 27.9. The van der Waals surface area contributed by atoms with Crippen molar-refractivity contribution in [3.63, 3.8) is 0 Å². The summed E-state index contributed by atoms with van der Waals surface area (Å²) in [6, 6.07) is 32.5. The molecule has 7 nitrogen and oxygen atoms in total. The molecule has 0 heterocycles. The second-order valence-corrected chi connectivity index (χ2v) is 12.2. The number of para-hydroxylation sites is 1. The van der Waals surface area contributed by atoms with E-state index in [1.807, 2.05) is 48.5 Å². The van der Waals surface area contributed by atoms with E-state index in [2.05, 4.69) is 29.7 Å². The van der Waals surface area contributed by atoms with Crippen LogP contribution in [0.25, 0.3) is 0 Å². The molecule has 7 heteroatoms. The van der Waals surface area contributed by atoms with Crippen molar-refractivity contribution in [2.24, 2.45) is 5.92 Å².